The van der Waals surface area contributed by atoms with E-state index in [0.29, 0.717) is 26.4 Å². The number of anilines is 2. The van der Waals surface area contributed by atoms with Crippen LogP contribution in [0.3, 0.4) is 0 Å². The quantitative estimate of drug-likeness (QED) is 0.649. The Morgan fingerprint density at radius 3 is 2.76 bits per heavy atom. The van der Waals surface area contributed by atoms with Crippen molar-refractivity contribution >= 4 is 52.2 Å². The third-order valence-electron chi connectivity index (χ3n) is 2.63. The Kier molecular flexibility index (Phi) is 5.33. The normalized spacial score (nSPS) is 12.0. The van der Waals surface area contributed by atoms with Gasteiger partial charge in [0.2, 0.25) is 5.91 Å². The lowest BCUT2D eigenvalue weighted by Gasteiger charge is -2.13. The number of hydrogen-bond donors (Lipinski definition) is 2. The van der Waals surface area contributed by atoms with Crippen molar-refractivity contribution in [2.24, 2.45) is 0 Å². The van der Waals surface area contributed by atoms with Gasteiger partial charge in [0.1, 0.15) is 5.03 Å². The van der Waals surface area contributed by atoms with Gasteiger partial charge in [0, 0.05) is 11.9 Å². The molecular weight excluding hydrogens is 329 g/mol. The van der Waals surface area contributed by atoms with Crippen molar-refractivity contribution in [1.29, 1.82) is 0 Å². The highest BCUT2D eigenvalue weighted by Crippen LogP contribution is 2.29. The molecule has 1 unspecified atom stereocenters. The molecule has 7 heteroatoms. The van der Waals surface area contributed by atoms with E-state index in [1.165, 1.54) is 11.8 Å². The van der Waals surface area contributed by atoms with E-state index in [1.54, 1.807) is 43.5 Å². The molecule has 0 bridgehead atoms. The summed E-state index contributed by atoms with van der Waals surface area (Å²) in [6.07, 6.45) is 1.63. The summed E-state index contributed by atoms with van der Waals surface area (Å²) < 4.78 is 0. The second-order valence-corrected chi connectivity index (χ2v) is 6.42. The summed E-state index contributed by atoms with van der Waals surface area (Å²) in [5, 5.41) is 3.93. The second kappa shape index (κ2) is 7.02. The van der Waals surface area contributed by atoms with E-state index in [0.717, 1.165) is 0 Å². The standard InChI is InChI=1S/C14H13Cl2N3OS/c1-8(21-14-10(15)3-2-6-18-14)13(20)19-12-5-4-9(17)7-11(12)16/h2-8H,17H2,1H3,(H,19,20). The molecular formula is C14H13Cl2N3OS. The van der Waals surface area contributed by atoms with E-state index < -0.39 is 0 Å². The molecule has 1 aromatic carbocycles. The summed E-state index contributed by atoms with van der Waals surface area (Å²) in [5.74, 6) is -0.187. The fourth-order valence-electron chi connectivity index (χ4n) is 1.55. The van der Waals surface area contributed by atoms with Crippen LogP contribution in [-0.2, 0) is 4.79 Å². The molecule has 0 aliphatic rings. The molecule has 2 rings (SSSR count). The lowest BCUT2D eigenvalue weighted by atomic mass is 10.2. The van der Waals surface area contributed by atoms with Gasteiger partial charge in [-0.2, -0.15) is 0 Å². The Hall–Kier alpha value is -1.43. The SMILES string of the molecule is CC(Sc1ncccc1Cl)C(=O)Nc1ccc(N)cc1Cl. The molecule has 4 nitrogen and oxygen atoms in total. The van der Waals surface area contributed by atoms with Gasteiger partial charge in [0.05, 0.1) is 21.0 Å². The van der Waals surface area contributed by atoms with E-state index in [2.05, 4.69) is 10.3 Å². The molecule has 110 valence electrons. The fraction of sp³-hybridized carbons (Fsp3) is 0.143. The van der Waals surface area contributed by atoms with Gasteiger partial charge in [-0.15, -0.1) is 0 Å². The Morgan fingerprint density at radius 2 is 2.10 bits per heavy atom. The van der Waals surface area contributed by atoms with Crippen molar-refractivity contribution in [1.82, 2.24) is 4.98 Å². The van der Waals surface area contributed by atoms with Crippen LogP contribution in [0.25, 0.3) is 0 Å². The van der Waals surface area contributed by atoms with E-state index in [1.807, 2.05) is 0 Å². The van der Waals surface area contributed by atoms with Gasteiger partial charge in [0.25, 0.3) is 0 Å². The summed E-state index contributed by atoms with van der Waals surface area (Å²) >= 11 is 13.3. The number of nitrogens with zero attached hydrogens (tertiary/aromatic N) is 1. The molecule has 21 heavy (non-hydrogen) atoms. The van der Waals surface area contributed by atoms with Gasteiger partial charge in [-0.3, -0.25) is 4.79 Å². The fourth-order valence-corrected chi connectivity index (χ4v) is 2.84. The first-order chi connectivity index (χ1) is 9.97. The van der Waals surface area contributed by atoms with Gasteiger partial charge in [-0.1, -0.05) is 35.0 Å². The summed E-state index contributed by atoms with van der Waals surface area (Å²) in [6, 6.07) is 8.41. The molecule has 0 saturated heterocycles. The van der Waals surface area contributed by atoms with Crippen LogP contribution in [0, 0.1) is 0 Å². The van der Waals surface area contributed by atoms with Gasteiger partial charge in [0.15, 0.2) is 0 Å². The lowest BCUT2D eigenvalue weighted by molar-refractivity contribution is -0.115. The van der Waals surface area contributed by atoms with Crippen LogP contribution in [0.5, 0.6) is 0 Å². The zero-order valence-corrected chi connectivity index (χ0v) is 13.5. The molecule has 0 aliphatic carbocycles. The van der Waals surface area contributed by atoms with Crippen LogP contribution in [-0.4, -0.2) is 16.1 Å². The molecule has 0 radical (unpaired) electrons. The molecule has 1 amide bonds. The summed E-state index contributed by atoms with van der Waals surface area (Å²) in [7, 11) is 0. The highest BCUT2D eigenvalue weighted by Gasteiger charge is 2.17. The van der Waals surface area contributed by atoms with E-state index >= 15 is 0 Å². The van der Waals surface area contributed by atoms with Crippen molar-refractivity contribution < 1.29 is 4.79 Å². The number of halogens is 2. The highest BCUT2D eigenvalue weighted by molar-refractivity contribution is 8.00. The number of nitrogen functional groups attached to an aromatic ring is 1. The van der Waals surface area contributed by atoms with Crippen molar-refractivity contribution in [2.75, 3.05) is 11.1 Å². The number of carbonyl (C=O) groups excluding carboxylic acids is 1. The Morgan fingerprint density at radius 1 is 1.33 bits per heavy atom. The van der Waals surface area contributed by atoms with Crippen LogP contribution in [0.4, 0.5) is 11.4 Å². The molecule has 2 aromatic rings. The van der Waals surface area contributed by atoms with Crippen LogP contribution < -0.4 is 11.1 Å². The largest absolute Gasteiger partial charge is 0.399 e. The zero-order chi connectivity index (χ0) is 15.4. The molecule has 1 atom stereocenters. The Bertz CT molecular complexity index is 666. The number of rotatable bonds is 4. The van der Waals surface area contributed by atoms with Gasteiger partial charge in [-0.25, -0.2) is 4.98 Å². The van der Waals surface area contributed by atoms with Gasteiger partial charge >= 0.3 is 0 Å². The smallest absolute Gasteiger partial charge is 0.237 e. The first-order valence-electron chi connectivity index (χ1n) is 6.10. The number of benzene rings is 1. The summed E-state index contributed by atoms with van der Waals surface area (Å²) in [5.41, 5.74) is 6.68. The molecule has 0 spiro atoms. The van der Waals surface area contributed by atoms with Crippen LogP contribution in [0.1, 0.15) is 6.92 Å². The van der Waals surface area contributed by atoms with Crippen molar-refractivity contribution in [3.05, 3.63) is 46.6 Å². The number of aromatic nitrogens is 1. The minimum atomic E-state index is -0.369. The minimum Gasteiger partial charge on any atom is -0.399 e. The summed E-state index contributed by atoms with van der Waals surface area (Å²) in [4.78, 5) is 16.3. The van der Waals surface area contributed by atoms with Crippen molar-refractivity contribution in [2.45, 2.75) is 17.2 Å². The van der Waals surface area contributed by atoms with Crippen LogP contribution in [0.2, 0.25) is 10.0 Å². The van der Waals surface area contributed by atoms with E-state index in [4.69, 9.17) is 28.9 Å². The molecule has 3 N–H and O–H groups in total. The molecule has 1 heterocycles. The molecule has 1 aromatic heterocycles. The van der Waals surface area contributed by atoms with Crippen LogP contribution >= 0.6 is 35.0 Å². The Labute approximate surface area is 137 Å². The first-order valence-corrected chi connectivity index (χ1v) is 7.74. The zero-order valence-electron chi connectivity index (χ0n) is 11.1. The number of carbonyl (C=O) groups is 1. The molecule has 0 saturated carbocycles. The number of amides is 1. The number of hydrogen-bond acceptors (Lipinski definition) is 4. The van der Waals surface area contributed by atoms with Crippen molar-refractivity contribution in [3.8, 4) is 0 Å². The van der Waals surface area contributed by atoms with Gasteiger partial charge < -0.3 is 11.1 Å². The minimum absolute atomic E-state index is 0.187. The predicted molar refractivity (Wildman–Crippen MR) is 89.1 cm³/mol. The average Bonchev–Trinajstić information content (AvgIpc) is 2.44. The van der Waals surface area contributed by atoms with Crippen molar-refractivity contribution in [3.63, 3.8) is 0 Å². The Balaban J connectivity index is 2.04. The van der Waals surface area contributed by atoms with Crippen LogP contribution in [0.15, 0.2) is 41.6 Å². The monoisotopic (exact) mass is 341 g/mol. The lowest BCUT2D eigenvalue weighted by Crippen LogP contribution is -2.22. The van der Waals surface area contributed by atoms with Gasteiger partial charge in [-0.05, 0) is 37.3 Å². The number of thioether (sulfide) groups is 1. The average molecular weight is 342 g/mol. The maximum Gasteiger partial charge on any atom is 0.237 e. The van der Waals surface area contributed by atoms with E-state index in [-0.39, 0.29) is 11.2 Å². The predicted octanol–water partition coefficient (Wildman–Crippen LogP) is 4.09. The second-order valence-electron chi connectivity index (χ2n) is 4.28. The molecule has 0 fully saturated rings. The summed E-state index contributed by atoms with van der Waals surface area (Å²) in [6.45, 7) is 1.77. The number of pyridine rings is 1. The maximum absolute atomic E-state index is 12.2. The van der Waals surface area contributed by atoms with E-state index in [9.17, 15) is 4.79 Å². The first kappa shape index (κ1) is 15.9. The topological polar surface area (TPSA) is 68.0 Å². The third kappa shape index (κ3) is 4.27. The molecule has 0 aliphatic heterocycles. The third-order valence-corrected chi connectivity index (χ3v) is 4.48. The maximum atomic E-state index is 12.2. The number of nitrogens with two attached hydrogens (primary N) is 1. The number of nitrogens with one attached hydrogen (secondary N) is 1. The highest BCUT2D eigenvalue weighted by atomic mass is 35.5.